The van der Waals surface area contributed by atoms with Crippen LogP contribution in [0.5, 0.6) is 0 Å². The van der Waals surface area contributed by atoms with Gasteiger partial charge in [0, 0.05) is 25.2 Å². The van der Waals surface area contributed by atoms with Gasteiger partial charge in [-0.15, -0.1) is 0 Å². The minimum atomic E-state index is -0.919. The molecule has 0 aromatic carbocycles. The van der Waals surface area contributed by atoms with Crippen LogP contribution in [-0.2, 0) is 33.3 Å². The van der Waals surface area contributed by atoms with Crippen LogP contribution in [0.25, 0.3) is 0 Å². The molecule has 3 atom stereocenters. The summed E-state index contributed by atoms with van der Waals surface area (Å²) in [4.78, 5) is 36.2. The van der Waals surface area contributed by atoms with Crippen LogP contribution in [0, 0.1) is 17.3 Å². The topological polar surface area (TPSA) is 100 Å². The normalized spacial score (nSPS) is 27.0. The van der Waals surface area contributed by atoms with E-state index in [0.29, 0.717) is 26.1 Å². The molecule has 1 aliphatic heterocycles. The van der Waals surface area contributed by atoms with Gasteiger partial charge >= 0.3 is 11.9 Å². The SMILES string of the molecule is CCOC(=O)C(NC(C)=O)C1C[C@@H](CC(=O)OC)C(C)(C)C2(C1)OCCO2. The molecule has 2 fully saturated rings. The monoisotopic (exact) mass is 385 g/mol. The minimum absolute atomic E-state index is 0.146. The van der Waals surface area contributed by atoms with Crippen LogP contribution in [0.2, 0.25) is 0 Å². The lowest BCUT2D eigenvalue weighted by Crippen LogP contribution is -2.59. The van der Waals surface area contributed by atoms with E-state index in [1.807, 2.05) is 13.8 Å². The Hall–Kier alpha value is -1.67. The average Bonchev–Trinajstić information content (AvgIpc) is 3.07. The molecule has 1 spiro atoms. The molecule has 1 heterocycles. The second kappa shape index (κ2) is 8.56. The molecule has 1 N–H and O–H groups in total. The van der Waals surface area contributed by atoms with Crippen molar-refractivity contribution < 1.29 is 33.3 Å². The number of ether oxygens (including phenoxy) is 4. The van der Waals surface area contributed by atoms with Gasteiger partial charge < -0.3 is 24.3 Å². The van der Waals surface area contributed by atoms with E-state index >= 15 is 0 Å². The lowest BCUT2D eigenvalue weighted by Gasteiger charge is -2.53. The fourth-order valence-electron chi connectivity index (χ4n) is 4.30. The lowest BCUT2D eigenvalue weighted by molar-refractivity contribution is -0.273. The van der Waals surface area contributed by atoms with E-state index in [2.05, 4.69) is 5.32 Å². The molecule has 2 aliphatic rings. The Balaban J connectivity index is 2.36. The van der Waals surface area contributed by atoms with Gasteiger partial charge in [-0.1, -0.05) is 13.8 Å². The van der Waals surface area contributed by atoms with Crippen LogP contribution < -0.4 is 5.32 Å². The Morgan fingerprint density at radius 1 is 1.22 bits per heavy atom. The molecule has 8 heteroatoms. The van der Waals surface area contributed by atoms with E-state index in [1.54, 1.807) is 6.92 Å². The van der Waals surface area contributed by atoms with Crippen molar-refractivity contribution in [3.05, 3.63) is 0 Å². The quantitative estimate of drug-likeness (QED) is 0.690. The number of hydrogen-bond donors (Lipinski definition) is 1. The van der Waals surface area contributed by atoms with E-state index in [-0.39, 0.29) is 36.7 Å². The molecule has 2 rings (SSSR count). The van der Waals surface area contributed by atoms with Crippen molar-refractivity contribution in [3.8, 4) is 0 Å². The summed E-state index contributed by atoms with van der Waals surface area (Å²) >= 11 is 0. The Kier molecular flexibility index (Phi) is 6.86. The van der Waals surface area contributed by atoms with Crippen molar-refractivity contribution in [3.63, 3.8) is 0 Å². The molecule has 154 valence electrons. The summed E-state index contributed by atoms with van der Waals surface area (Å²) in [5.74, 6) is -2.47. The highest BCUT2D eigenvalue weighted by Gasteiger charge is 2.60. The summed E-state index contributed by atoms with van der Waals surface area (Å²) in [6.07, 6.45) is 1.16. The number of carbonyl (C=O) groups is 3. The first-order chi connectivity index (χ1) is 12.7. The molecule has 1 saturated carbocycles. The first-order valence-electron chi connectivity index (χ1n) is 9.45. The third-order valence-corrected chi connectivity index (χ3v) is 5.89. The lowest BCUT2D eigenvalue weighted by atomic mass is 9.59. The van der Waals surface area contributed by atoms with Crippen LogP contribution in [0.1, 0.15) is 47.0 Å². The van der Waals surface area contributed by atoms with Crippen molar-refractivity contribution >= 4 is 17.8 Å². The first kappa shape index (κ1) is 21.6. The van der Waals surface area contributed by atoms with Crippen molar-refractivity contribution in [2.45, 2.75) is 58.8 Å². The fourth-order valence-corrected chi connectivity index (χ4v) is 4.30. The Labute approximate surface area is 160 Å². The zero-order valence-electron chi connectivity index (χ0n) is 16.8. The minimum Gasteiger partial charge on any atom is -0.469 e. The number of methoxy groups -OCH3 is 1. The molecular formula is C19H31NO7. The number of amides is 1. The smallest absolute Gasteiger partial charge is 0.328 e. The Morgan fingerprint density at radius 3 is 2.37 bits per heavy atom. The van der Waals surface area contributed by atoms with E-state index in [9.17, 15) is 14.4 Å². The van der Waals surface area contributed by atoms with Crippen LogP contribution in [0.3, 0.4) is 0 Å². The summed E-state index contributed by atoms with van der Waals surface area (Å²) < 4.78 is 22.1. The summed E-state index contributed by atoms with van der Waals surface area (Å²) in [5, 5.41) is 2.71. The zero-order valence-corrected chi connectivity index (χ0v) is 16.8. The van der Waals surface area contributed by atoms with Gasteiger partial charge in [0.15, 0.2) is 5.79 Å². The standard InChI is InChI=1S/C19H31NO7/c1-6-25-17(23)16(20-12(2)21)13-9-14(10-15(22)24-5)18(3,4)19(11-13)26-7-8-27-19/h13-14,16H,6-11H2,1-5H3,(H,20,21)/t13?,14-,16?/m0/s1. The van der Waals surface area contributed by atoms with Crippen LogP contribution in [-0.4, -0.2) is 56.6 Å². The van der Waals surface area contributed by atoms with Gasteiger partial charge in [0.05, 0.1) is 26.9 Å². The van der Waals surface area contributed by atoms with Gasteiger partial charge in [-0.2, -0.15) is 0 Å². The van der Waals surface area contributed by atoms with Crippen molar-refractivity contribution in [1.82, 2.24) is 5.32 Å². The molecule has 1 saturated heterocycles. The van der Waals surface area contributed by atoms with Crippen molar-refractivity contribution in [1.29, 1.82) is 0 Å². The van der Waals surface area contributed by atoms with Crippen molar-refractivity contribution in [2.24, 2.45) is 17.3 Å². The third-order valence-electron chi connectivity index (χ3n) is 5.89. The summed E-state index contributed by atoms with van der Waals surface area (Å²) in [5.41, 5.74) is -0.469. The van der Waals surface area contributed by atoms with E-state index in [4.69, 9.17) is 18.9 Å². The van der Waals surface area contributed by atoms with Gasteiger partial charge in [0.25, 0.3) is 0 Å². The maximum Gasteiger partial charge on any atom is 0.328 e. The van der Waals surface area contributed by atoms with Gasteiger partial charge in [-0.05, 0) is 25.2 Å². The van der Waals surface area contributed by atoms with Gasteiger partial charge in [-0.25, -0.2) is 4.79 Å². The molecule has 0 radical (unpaired) electrons. The second-order valence-electron chi connectivity index (χ2n) is 7.78. The molecule has 1 aliphatic carbocycles. The Bertz CT molecular complexity index is 568. The second-order valence-corrected chi connectivity index (χ2v) is 7.78. The molecule has 2 unspecified atom stereocenters. The summed E-state index contributed by atoms with van der Waals surface area (Å²) in [7, 11) is 1.35. The number of hydrogen-bond acceptors (Lipinski definition) is 7. The molecule has 27 heavy (non-hydrogen) atoms. The first-order valence-corrected chi connectivity index (χ1v) is 9.45. The number of esters is 2. The molecule has 0 aromatic heterocycles. The predicted octanol–water partition coefficient (Wildman–Crippen LogP) is 1.41. The van der Waals surface area contributed by atoms with E-state index in [0.717, 1.165) is 0 Å². The van der Waals surface area contributed by atoms with Gasteiger partial charge in [0.1, 0.15) is 6.04 Å². The molecule has 0 bridgehead atoms. The van der Waals surface area contributed by atoms with Crippen LogP contribution in [0.4, 0.5) is 0 Å². The maximum absolute atomic E-state index is 12.5. The van der Waals surface area contributed by atoms with E-state index < -0.39 is 23.2 Å². The fraction of sp³-hybridized carbons (Fsp3) is 0.842. The van der Waals surface area contributed by atoms with Gasteiger partial charge in [-0.3, -0.25) is 9.59 Å². The predicted molar refractivity (Wildman–Crippen MR) is 95.5 cm³/mol. The molecule has 0 aromatic rings. The molecule has 1 amide bonds. The average molecular weight is 385 g/mol. The van der Waals surface area contributed by atoms with Crippen molar-refractivity contribution in [2.75, 3.05) is 26.9 Å². The number of carbonyl (C=O) groups excluding carboxylic acids is 3. The highest BCUT2D eigenvalue weighted by Crippen LogP contribution is 2.55. The van der Waals surface area contributed by atoms with Gasteiger partial charge in [0.2, 0.25) is 5.91 Å². The molecular weight excluding hydrogens is 354 g/mol. The largest absolute Gasteiger partial charge is 0.469 e. The number of rotatable bonds is 6. The zero-order chi connectivity index (χ0) is 20.2. The Morgan fingerprint density at radius 2 is 1.85 bits per heavy atom. The summed E-state index contributed by atoms with van der Waals surface area (Å²) in [6, 6.07) is -0.816. The van der Waals surface area contributed by atoms with E-state index in [1.165, 1.54) is 14.0 Å². The summed E-state index contributed by atoms with van der Waals surface area (Å²) in [6.45, 7) is 8.23. The van der Waals surface area contributed by atoms with Crippen LogP contribution >= 0.6 is 0 Å². The molecule has 8 nitrogen and oxygen atoms in total. The highest BCUT2D eigenvalue weighted by molar-refractivity contribution is 5.83. The maximum atomic E-state index is 12.5. The third kappa shape index (κ3) is 4.43. The highest BCUT2D eigenvalue weighted by atomic mass is 16.7. The number of nitrogens with one attached hydrogen (secondary N) is 1. The van der Waals surface area contributed by atoms with Crippen LogP contribution in [0.15, 0.2) is 0 Å².